The third-order valence-electron chi connectivity index (χ3n) is 1.08. The van der Waals surface area contributed by atoms with Crippen molar-refractivity contribution in [1.82, 2.24) is 9.97 Å². The van der Waals surface area contributed by atoms with Crippen molar-refractivity contribution in [3.63, 3.8) is 0 Å². The highest BCUT2D eigenvalue weighted by atomic mass is 16.0. The zero-order valence-corrected chi connectivity index (χ0v) is 5.02. The van der Waals surface area contributed by atoms with Crippen molar-refractivity contribution in [3.8, 4) is 0 Å². The first kappa shape index (κ1) is 7.17. The summed E-state index contributed by atoms with van der Waals surface area (Å²) < 4.78 is 0. The van der Waals surface area contributed by atoms with Gasteiger partial charge in [0.15, 0.2) is 0 Å². The van der Waals surface area contributed by atoms with Crippen LogP contribution in [0.3, 0.4) is 0 Å². The van der Waals surface area contributed by atoms with Crippen molar-refractivity contribution in [2.45, 2.75) is 13.8 Å². The first-order valence-corrected chi connectivity index (χ1v) is 2.27. The minimum absolute atomic E-state index is 0. The molecule has 0 saturated heterocycles. The standard InChI is InChI=1S/C5H8N2.H2O/c1-4-5(2)7-3-6-4;/h3H,1-2H3,(H,6,7);1H2. The molecule has 1 aromatic rings. The smallest absolute Gasteiger partial charge is 0.0925 e. The van der Waals surface area contributed by atoms with Crippen LogP contribution in [0.4, 0.5) is 0 Å². The van der Waals surface area contributed by atoms with E-state index in [9.17, 15) is 0 Å². The molecule has 0 unspecified atom stereocenters. The molecule has 3 heteroatoms. The van der Waals surface area contributed by atoms with Crippen LogP contribution in [0.25, 0.3) is 0 Å². The van der Waals surface area contributed by atoms with E-state index in [1.54, 1.807) is 6.33 Å². The van der Waals surface area contributed by atoms with Gasteiger partial charge in [0.05, 0.1) is 12.0 Å². The Labute approximate surface area is 48.1 Å². The maximum absolute atomic E-state index is 3.96. The van der Waals surface area contributed by atoms with Gasteiger partial charge in [-0.15, -0.1) is 0 Å². The summed E-state index contributed by atoms with van der Waals surface area (Å²) in [5.41, 5.74) is 2.24. The Morgan fingerprint density at radius 2 is 2.12 bits per heavy atom. The molecular weight excluding hydrogens is 104 g/mol. The summed E-state index contributed by atoms with van der Waals surface area (Å²) in [5, 5.41) is 0. The topological polar surface area (TPSA) is 60.2 Å². The highest BCUT2D eigenvalue weighted by molar-refractivity contribution is 5.04. The van der Waals surface area contributed by atoms with Gasteiger partial charge >= 0.3 is 0 Å². The number of nitrogens with zero attached hydrogens (tertiary/aromatic N) is 1. The summed E-state index contributed by atoms with van der Waals surface area (Å²) in [6, 6.07) is 0. The average molecular weight is 114 g/mol. The quantitative estimate of drug-likeness (QED) is 0.514. The number of aromatic amines is 1. The number of hydrogen-bond acceptors (Lipinski definition) is 1. The van der Waals surface area contributed by atoms with E-state index in [-0.39, 0.29) is 5.48 Å². The molecule has 1 heterocycles. The molecule has 3 N–H and O–H groups in total. The third kappa shape index (κ3) is 1.07. The summed E-state index contributed by atoms with van der Waals surface area (Å²) >= 11 is 0. The Hall–Kier alpha value is -0.830. The van der Waals surface area contributed by atoms with Gasteiger partial charge < -0.3 is 10.5 Å². The van der Waals surface area contributed by atoms with Crippen molar-refractivity contribution in [2.24, 2.45) is 0 Å². The van der Waals surface area contributed by atoms with E-state index in [1.807, 2.05) is 13.8 Å². The maximum atomic E-state index is 3.96. The zero-order chi connectivity index (χ0) is 5.28. The Kier molecular flexibility index (Phi) is 2.21. The normalized spacial score (nSPS) is 8.25. The molecule has 0 amide bonds. The van der Waals surface area contributed by atoms with Crippen LogP contribution >= 0.6 is 0 Å². The molecule has 1 rings (SSSR count). The molecule has 0 aliphatic heterocycles. The third-order valence-corrected chi connectivity index (χ3v) is 1.08. The first-order valence-electron chi connectivity index (χ1n) is 2.27. The summed E-state index contributed by atoms with van der Waals surface area (Å²) in [7, 11) is 0. The largest absolute Gasteiger partial charge is 0.412 e. The van der Waals surface area contributed by atoms with Crippen molar-refractivity contribution < 1.29 is 5.48 Å². The fourth-order valence-corrected chi connectivity index (χ4v) is 0.427. The van der Waals surface area contributed by atoms with E-state index in [1.165, 1.54) is 0 Å². The number of H-pyrrole nitrogens is 1. The minimum Gasteiger partial charge on any atom is -0.412 e. The van der Waals surface area contributed by atoms with Crippen LogP contribution in [-0.2, 0) is 0 Å². The van der Waals surface area contributed by atoms with Gasteiger partial charge in [-0.25, -0.2) is 4.98 Å². The van der Waals surface area contributed by atoms with Crippen LogP contribution in [0.2, 0.25) is 0 Å². The lowest BCUT2D eigenvalue weighted by atomic mass is 10.4. The molecule has 46 valence electrons. The number of aromatic nitrogens is 2. The van der Waals surface area contributed by atoms with Gasteiger partial charge in [0.1, 0.15) is 0 Å². The molecular formula is C5H10N2O. The van der Waals surface area contributed by atoms with E-state index in [4.69, 9.17) is 0 Å². The van der Waals surface area contributed by atoms with Gasteiger partial charge in [0, 0.05) is 5.69 Å². The second-order valence-electron chi connectivity index (χ2n) is 1.61. The number of aryl methyl sites for hydroxylation is 2. The van der Waals surface area contributed by atoms with E-state index in [0.717, 1.165) is 11.4 Å². The molecule has 1 aromatic heterocycles. The first-order chi connectivity index (χ1) is 3.30. The Balaban J connectivity index is 0.000000490. The van der Waals surface area contributed by atoms with Crippen LogP contribution in [0.5, 0.6) is 0 Å². The summed E-state index contributed by atoms with van der Waals surface area (Å²) in [6.45, 7) is 3.98. The van der Waals surface area contributed by atoms with Crippen LogP contribution < -0.4 is 0 Å². The predicted octanol–water partition coefficient (Wildman–Crippen LogP) is 0.202. The Morgan fingerprint density at radius 3 is 2.25 bits per heavy atom. The zero-order valence-electron chi connectivity index (χ0n) is 5.02. The van der Waals surface area contributed by atoms with Gasteiger partial charge in [-0.05, 0) is 13.8 Å². The van der Waals surface area contributed by atoms with Gasteiger partial charge in [-0.1, -0.05) is 0 Å². The second-order valence-corrected chi connectivity index (χ2v) is 1.61. The molecule has 0 spiro atoms. The van der Waals surface area contributed by atoms with Crippen LogP contribution in [0, 0.1) is 13.8 Å². The lowest BCUT2D eigenvalue weighted by molar-refractivity contribution is 0.824. The molecule has 0 fully saturated rings. The van der Waals surface area contributed by atoms with Crippen molar-refractivity contribution >= 4 is 0 Å². The predicted molar refractivity (Wildman–Crippen MR) is 31.7 cm³/mol. The fraction of sp³-hybridized carbons (Fsp3) is 0.400. The molecule has 0 bridgehead atoms. The summed E-state index contributed by atoms with van der Waals surface area (Å²) in [6.07, 6.45) is 1.70. The monoisotopic (exact) mass is 114 g/mol. The minimum atomic E-state index is 0. The van der Waals surface area contributed by atoms with Crippen molar-refractivity contribution in [3.05, 3.63) is 17.7 Å². The lowest BCUT2D eigenvalue weighted by Gasteiger charge is -1.79. The molecule has 0 saturated carbocycles. The van der Waals surface area contributed by atoms with Gasteiger partial charge in [-0.2, -0.15) is 0 Å². The molecule has 0 aliphatic rings. The molecule has 0 aliphatic carbocycles. The van der Waals surface area contributed by atoms with Crippen LogP contribution in [-0.4, -0.2) is 15.4 Å². The van der Waals surface area contributed by atoms with Crippen molar-refractivity contribution in [1.29, 1.82) is 0 Å². The number of nitrogens with one attached hydrogen (secondary N) is 1. The second kappa shape index (κ2) is 2.47. The molecule has 0 atom stereocenters. The van der Waals surface area contributed by atoms with E-state index in [0.29, 0.717) is 0 Å². The van der Waals surface area contributed by atoms with E-state index < -0.39 is 0 Å². The highest BCUT2D eigenvalue weighted by Gasteiger charge is 1.87. The van der Waals surface area contributed by atoms with Gasteiger partial charge in [0.25, 0.3) is 0 Å². The highest BCUT2D eigenvalue weighted by Crippen LogP contribution is 1.94. The van der Waals surface area contributed by atoms with Crippen LogP contribution in [0.1, 0.15) is 11.4 Å². The van der Waals surface area contributed by atoms with Gasteiger partial charge in [0.2, 0.25) is 0 Å². The molecule has 3 nitrogen and oxygen atoms in total. The number of imidazole rings is 1. The van der Waals surface area contributed by atoms with E-state index >= 15 is 0 Å². The number of rotatable bonds is 0. The molecule has 0 radical (unpaired) electrons. The SMILES string of the molecule is Cc1nc[nH]c1C.O. The Morgan fingerprint density at radius 1 is 1.50 bits per heavy atom. The molecule has 0 aromatic carbocycles. The average Bonchev–Trinajstić information content (AvgIpc) is 1.91. The maximum Gasteiger partial charge on any atom is 0.0925 e. The van der Waals surface area contributed by atoms with Crippen molar-refractivity contribution in [2.75, 3.05) is 0 Å². The molecule has 8 heavy (non-hydrogen) atoms. The van der Waals surface area contributed by atoms with E-state index in [2.05, 4.69) is 9.97 Å². The lowest BCUT2D eigenvalue weighted by Crippen LogP contribution is -1.71. The van der Waals surface area contributed by atoms with Gasteiger partial charge in [-0.3, -0.25) is 0 Å². The number of hydrogen-bond donors (Lipinski definition) is 1. The summed E-state index contributed by atoms with van der Waals surface area (Å²) in [5.74, 6) is 0. The Bertz CT molecular complexity index is 143. The fourth-order valence-electron chi connectivity index (χ4n) is 0.427. The van der Waals surface area contributed by atoms with Crippen LogP contribution in [0.15, 0.2) is 6.33 Å². The summed E-state index contributed by atoms with van der Waals surface area (Å²) in [4.78, 5) is 6.92.